The molecule has 1 aliphatic heterocycles. The molecule has 6 nitrogen and oxygen atoms in total. The van der Waals surface area contributed by atoms with Crippen LogP contribution in [0.5, 0.6) is 0 Å². The van der Waals surface area contributed by atoms with Gasteiger partial charge in [-0.05, 0) is 18.6 Å². The summed E-state index contributed by atoms with van der Waals surface area (Å²) in [5, 5.41) is 0. The van der Waals surface area contributed by atoms with Crippen LogP contribution in [0, 0.1) is 0 Å². The van der Waals surface area contributed by atoms with Crippen LogP contribution in [0.3, 0.4) is 0 Å². The highest BCUT2D eigenvalue weighted by Gasteiger charge is 2.46. The second-order valence-corrected chi connectivity index (χ2v) is 5.54. The first-order chi connectivity index (χ1) is 11.5. The lowest BCUT2D eigenvalue weighted by Crippen LogP contribution is -2.58. The predicted octanol–water partition coefficient (Wildman–Crippen LogP) is 1.95. The van der Waals surface area contributed by atoms with Crippen molar-refractivity contribution in [1.29, 1.82) is 0 Å². The first kappa shape index (κ1) is 17.9. The minimum absolute atomic E-state index is 0.0312. The first-order valence-electron chi connectivity index (χ1n) is 7.77. The van der Waals surface area contributed by atoms with E-state index in [1.54, 1.807) is 36.4 Å². The average Bonchev–Trinajstić information content (AvgIpc) is 2.62. The zero-order chi connectivity index (χ0) is 17.6. The molecule has 1 fully saturated rings. The van der Waals surface area contributed by atoms with E-state index in [0.29, 0.717) is 5.56 Å². The van der Waals surface area contributed by atoms with Gasteiger partial charge < -0.3 is 9.47 Å². The Morgan fingerprint density at radius 1 is 1.38 bits per heavy atom. The molecule has 1 aromatic carbocycles. The lowest BCUT2D eigenvalue weighted by Gasteiger charge is -2.40. The second-order valence-electron chi connectivity index (χ2n) is 5.54. The fourth-order valence-electron chi connectivity index (χ4n) is 2.74. The van der Waals surface area contributed by atoms with E-state index in [4.69, 9.17) is 4.74 Å². The van der Waals surface area contributed by atoms with Gasteiger partial charge in [-0.3, -0.25) is 19.3 Å². The Morgan fingerprint density at radius 3 is 2.71 bits per heavy atom. The quantitative estimate of drug-likeness (QED) is 0.452. The number of hydrogen-bond donors (Lipinski definition) is 0. The fourth-order valence-corrected chi connectivity index (χ4v) is 2.74. The summed E-state index contributed by atoms with van der Waals surface area (Å²) in [5.41, 5.74) is -0.813. The molecule has 6 heteroatoms. The number of amides is 2. The standard InChI is InChI=1S/C18H21NO5/c1-3-10-18(11-9-15(20)23-2)17(22)19(12-13-24-18)16(21)14-7-5-4-6-8-14/h3-8H,1,9-13H2,2H3/t18-/m1/s1. The number of carbonyl (C=O) groups excluding carboxylic acids is 3. The monoisotopic (exact) mass is 331 g/mol. The molecule has 2 rings (SSSR count). The maximum atomic E-state index is 12.9. The van der Waals surface area contributed by atoms with Crippen LogP contribution in [0.2, 0.25) is 0 Å². The second kappa shape index (κ2) is 7.88. The molecule has 1 aromatic rings. The van der Waals surface area contributed by atoms with Crippen LogP contribution in [0.4, 0.5) is 0 Å². The number of methoxy groups -OCH3 is 1. The van der Waals surface area contributed by atoms with Crippen LogP contribution in [-0.4, -0.2) is 48.5 Å². The molecule has 0 unspecified atom stereocenters. The molecule has 0 aromatic heterocycles. The number of esters is 1. The number of imide groups is 1. The van der Waals surface area contributed by atoms with Crippen LogP contribution >= 0.6 is 0 Å². The van der Waals surface area contributed by atoms with Crippen molar-refractivity contribution in [3.63, 3.8) is 0 Å². The molecule has 1 saturated heterocycles. The van der Waals surface area contributed by atoms with E-state index in [1.807, 2.05) is 0 Å². The van der Waals surface area contributed by atoms with Crippen molar-refractivity contribution in [3.05, 3.63) is 48.6 Å². The van der Waals surface area contributed by atoms with Gasteiger partial charge in [-0.2, -0.15) is 0 Å². The molecule has 1 atom stereocenters. The molecule has 0 bridgehead atoms. The van der Waals surface area contributed by atoms with Crippen molar-refractivity contribution in [3.8, 4) is 0 Å². The van der Waals surface area contributed by atoms with Crippen molar-refractivity contribution in [2.75, 3.05) is 20.3 Å². The van der Waals surface area contributed by atoms with E-state index in [-0.39, 0.29) is 38.3 Å². The van der Waals surface area contributed by atoms with Gasteiger partial charge in [-0.15, -0.1) is 6.58 Å². The normalized spacial score (nSPS) is 20.5. The Kier molecular flexibility index (Phi) is 5.87. The van der Waals surface area contributed by atoms with E-state index in [1.165, 1.54) is 12.0 Å². The van der Waals surface area contributed by atoms with Gasteiger partial charge in [-0.1, -0.05) is 24.3 Å². The molecule has 1 heterocycles. The highest BCUT2D eigenvalue weighted by molar-refractivity contribution is 6.07. The molecule has 0 aliphatic carbocycles. The molecule has 0 radical (unpaired) electrons. The van der Waals surface area contributed by atoms with Crippen molar-refractivity contribution < 1.29 is 23.9 Å². The van der Waals surface area contributed by atoms with Gasteiger partial charge in [0.25, 0.3) is 11.8 Å². The van der Waals surface area contributed by atoms with E-state index in [0.717, 1.165) is 0 Å². The number of benzene rings is 1. The Morgan fingerprint density at radius 2 is 2.08 bits per heavy atom. The molecule has 0 saturated carbocycles. The summed E-state index contributed by atoms with van der Waals surface area (Å²) in [6.07, 6.45) is 1.96. The number of rotatable bonds is 6. The summed E-state index contributed by atoms with van der Waals surface area (Å²) < 4.78 is 10.3. The highest BCUT2D eigenvalue weighted by Crippen LogP contribution is 2.30. The third-order valence-corrected chi connectivity index (χ3v) is 4.03. The van der Waals surface area contributed by atoms with Gasteiger partial charge in [0, 0.05) is 18.4 Å². The summed E-state index contributed by atoms with van der Waals surface area (Å²) in [5.74, 6) is -1.23. The number of nitrogens with zero attached hydrogens (tertiary/aromatic N) is 1. The lowest BCUT2D eigenvalue weighted by atomic mass is 9.90. The molecular weight excluding hydrogens is 310 g/mol. The summed E-state index contributed by atoms with van der Waals surface area (Å²) in [4.78, 5) is 38.2. The largest absolute Gasteiger partial charge is 0.469 e. The number of carbonyl (C=O) groups is 3. The zero-order valence-corrected chi connectivity index (χ0v) is 13.7. The number of ether oxygens (including phenoxy) is 2. The van der Waals surface area contributed by atoms with E-state index in [9.17, 15) is 14.4 Å². The summed E-state index contributed by atoms with van der Waals surface area (Å²) in [6.45, 7) is 4.06. The number of morpholine rings is 1. The smallest absolute Gasteiger partial charge is 0.305 e. The first-order valence-corrected chi connectivity index (χ1v) is 7.77. The molecule has 2 amide bonds. The van der Waals surface area contributed by atoms with Crippen molar-refractivity contribution >= 4 is 17.8 Å². The van der Waals surface area contributed by atoms with Crippen molar-refractivity contribution in [1.82, 2.24) is 4.90 Å². The van der Waals surface area contributed by atoms with E-state index >= 15 is 0 Å². The third kappa shape index (κ3) is 3.71. The summed E-state index contributed by atoms with van der Waals surface area (Å²) >= 11 is 0. The molecule has 1 aliphatic rings. The van der Waals surface area contributed by atoms with E-state index in [2.05, 4.69) is 11.3 Å². The molecule has 0 spiro atoms. The fraction of sp³-hybridized carbons (Fsp3) is 0.389. The van der Waals surface area contributed by atoms with Crippen molar-refractivity contribution in [2.45, 2.75) is 24.9 Å². The van der Waals surface area contributed by atoms with Gasteiger partial charge >= 0.3 is 5.97 Å². The van der Waals surface area contributed by atoms with Crippen LogP contribution < -0.4 is 0 Å². The van der Waals surface area contributed by atoms with Gasteiger partial charge in [-0.25, -0.2) is 0 Å². The minimum atomic E-state index is -1.25. The Balaban J connectivity index is 2.23. The Hall–Kier alpha value is -2.47. The zero-order valence-electron chi connectivity index (χ0n) is 13.7. The third-order valence-electron chi connectivity index (χ3n) is 4.03. The van der Waals surface area contributed by atoms with Gasteiger partial charge in [0.2, 0.25) is 0 Å². The van der Waals surface area contributed by atoms with Gasteiger partial charge in [0.15, 0.2) is 5.60 Å². The Labute approximate surface area is 141 Å². The molecular formula is C18H21NO5. The van der Waals surface area contributed by atoms with E-state index < -0.39 is 17.5 Å². The molecule has 128 valence electrons. The topological polar surface area (TPSA) is 72.9 Å². The van der Waals surface area contributed by atoms with Crippen LogP contribution in [0.1, 0.15) is 29.6 Å². The SMILES string of the molecule is C=CC[C@]1(CCC(=O)OC)OCCN(C(=O)c2ccccc2)C1=O. The predicted molar refractivity (Wildman–Crippen MR) is 87.2 cm³/mol. The Bertz CT molecular complexity index is 628. The molecule has 24 heavy (non-hydrogen) atoms. The van der Waals surface area contributed by atoms with Crippen LogP contribution in [-0.2, 0) is 19.1 Å². The number of hydrogen-bond acceptors (Lipinski definition) is 5. The van der Waals surface area contributed by atoms with Crippen LogP contribution in [0.25, 0.3) is 0 Å². The average molecular weight is 331 g/mol. The minimum Gasteiger partial charge on any atom is -0.469 e. The summed E-state index contributed by atoms with van der Waals surface area (Å²) in [7, 11) is 1.29. The lowest BCUT2D eigenvalue weighted by molar-refractivity contribution is -0.169. The maximum absolute atomic E-state index is 12.9. The van der Waals surface area contributed by atoms with Crippen molar-refractivity contribution in [2.24, 2.45) is 0 Å². The highest BCUT2D eigenvalue weighted by atomic mass is 16.5. The van der Waals surface area contributed by atoms with Gasteiger partial charge in [0.1, 0.15) is 0 Å². The van der Waals surface area contributed by atoms with Gasteiger partial charge in [0.05, 0.1) is 20.3 Å². The van der Waals surface area contributed by atoms with Crippen LogP contribution in [0.15, 0.2) is 43.0 Å². The molecule has 0 N–H and O–H groups in total. The maximum Gasteiger partial charge on any atom is 0.305 e. The summed E-state index contributed by atoms with van der Waals surface area (Å²) in [6, 6.07) is 8.61.